The van der Waals surface area contributed by atoms with Crippen molar-refractivity contribution < 1.29 is 13.7 Å². The van der Waals surface area contributed by atoms with Crippen molar-refractivity contribution in [2.24, 2.45) is 0 Å². The fraction of sp³-hybridized carbons (Fsp3) is 0.412. The van der Waals surface area contributed by atoms with E-state index in [1.54, 1.807) is 29.7 Å². The average molecular weight is 373 g/mol. The van der Waals surface area contributed by atoms with Crippen molar-refractivity contribution in [2.45, 2.75) is 32.7 Å². The van der Waals surface area contributed by atoms with Crippen LogP contribution in [0, 0.1) is 0 Å². The summed E-state index contributed by atoms with van der Waals surface area (Å²) in [4.78, 5) is 24.6. The zero-order chi connectivity index (χ0) is 17.9. The molecular weight excluding hydrogens is 354 g/mol. The Labute approximate surface area is 154 Å². The van der Waals surface area contributed by atoms with E-state index >= 15 is 0 Å². The van der Waals surface area contributed by atoms with Crippen LogP contribution in [0.15, 0.2) is 27.3 Å². The second-order valence-corrected chi connectivity index (χ2v) is 7.13. The van der Waals surface area contributed by atoms with Gasteiger partial charge in [-0.05, 0) is 18.7 Å². The molecule has 1 aliphatic heterocycles. The fourth-order valence-corrected chi connectivity index (χ4v) is 3.90. The summed E-state index contributed by atoms with van der Waals surface area (Å²) >= 11 is 1.56. The number of thiazole rings is 1. The maximum atomic E-state index is 12.2. The van der Waals surface area contributed by atoms with Crippen molar-refractivity contribution in [1.29, 1.82) is 0 Å². The number of nitrogens with zero attached hydrogens (tertiary/aromatic N) is 4. The monoisotopic (exact) mass is 373 g/mol. The number of carbonyl (C=O) groups is 1. The van der Waals surface area contributed by atoms with Crippen LogP contribution in [0.25, 0.3) is 11.6 Å². The number of fused-ring (bicyclic) bond motifs is 1. The first-order valence-electron chi connectivity index (χ1n) is 8.58. The Morgan fingerprint density at radius 1 is 1.42 bits per heavy atom. The summed E-state index contributed by atoms with van der Waals surface area (Å²) in [5.74, 6) is 1.22. The van der Waals surface area contributed by atoms with Gasteiger partial charge in [-0.15, -0.1) is 11.3 Å². The van der Waals surface area contributed by atoms with E-state index in [-0.39, 0.29) is 12.3 Å². The molecule has 1 aliphatic rings. The number of rotatable bonds is 6. The lowest BCUT2D eigenvalue weighted by Gasteiger charge is -2.23. The van der Waals surface area contributed by atoms with Crippen LogP contribution in [0.5, 0.6) is 0 Å². The average Bonchev–Trinajstić information content (AvgIpc) is 3.38. The van der Waals surface area contributed by atoms with Crippen LogP contribution < -0.4 is 5.32 Å². The third-order valence-electron chi connectivity index (χ3n) is 4.28. The van der Waals surface area contributed by atoms with Gasteiger partial charge in [0, 0.05) is 37.2 Å². The van der Waals surface area contributed by atoms with Crippen LogP contribution in [-0.4, -0.2) is 39.0 Å². The fourth-order valence-electron chi connectivity index (χ4n) is 2.84. The maximum Gasteiger partial charge on any atom is 0.238 e. The van der Waals surface area contributed by atoms with Gasteiger partial charge in [0.25, 0.3) is 0 Å². The molecule has 0 spiro atoms. The van der Waals surface area contributed by atoms with Crippen LogP contribution in [0.1, 0.15) is 29.8 Å². The number of hydrogen-bond acceptors (Lipinski definition) is 8. The molecule has 0 fully saturated rings. The van der Waals surface area contributed by atoms with Crippen molar-refractivity contribution in [3.63, 3.8) is 0 Å². The first-order chi connectivity index (χ1) is 12.7. The lowest BCUT2D eigenvalue weighted by Crippen LogP contribution is -2.29. The van der Waals surface area contributed by atoms with Crippen molar-refractivity contribution in [3.05, 3.63) is 34.9 Å². The molecule has 0 bridgehead atoms. The normalized spacial score (nSPS) is 14.3. The Bertz CT molecular complexity index is 886. The smallest absolute Gasteiger partial charge is 0.238 e. The van der Waals surface area contributed by atoms with E-state index in [0.717, 1.165) is 31.7 Å². The zero-order valence-corrected chi connectivity index (χ0v) is 15.2. The van der Waals surface area contributed by atoms with Gasteiger partial charge in [0.05, 0.1) is 12.0 Å². The second kappa shape index (κ2) is 7.38. The molecule has 0 radical (unpaired) electrons. The lowest BCUT2D eigenvalue weighted by molar-refractivity contribution is -0.116. The SMILES string of the molecule is CCN1CCc2nc(NC(=O)CCc3nc(-c4ccco4)no3)sc2C1. The van der Waals surface area contributed by atoms with Crippen molar-refractivity contribution in [1.82, 2.24) is 20.0 Å². The largest absolute Gasteiger partial charge is 0.461 e. The predicted molar refractivity (Wildman–Crippen MR) is 95.7 cm³/mol. The Kier molecular flexibility index (Phi) is 4.81. The molecule has 3 aromatic heterocycles. The molecule has 0 saturated carbocycles. The first kappa shape index (κ1) is 16.9. The number of likely N-dealkylation sites (N-methyl/N-ethyl adjacent to an activating group) is 1. The van der Waals surface area contributed by atoms with Crippen molar-refractivity contribution >= 4 is 22.4 Å². The number of aromatic nitrogens is 3. The number of hydrogen-bond donors (Lipinski definition) is 1. The van der Waals surface area contributed by atoms with Gasteiger partial charge in [-0.1, -0.05) is 12.1 Å². The molecule has 136 valence electrons. The molecule has 8 nitrogen and oxygen atoms in total. The minimum absolute atomic E-state index is 0.110. The molecule has 0 atom stereocenters. The number of aryl methyl sites for hydroxylation is 1. The van der Waals surface area contributed by atoms with E-state index in [2.05, 4.69) is 32.3 Å². The predicted octanol–water partition coefficient (Wildman–Crippen LogP) is 2.74. The van der Waals surface area contributed by atoms with Gasteiger partial charge in [-0.3, -0.25) is 9.69 Å². The minimum atomic E-state index is -0.110. The van der Waals surface area contributed by atoms with Crippen LogP contribution in [-0.2, 0) is 24.2 Å². The van der Waals surface area contributed by atoms with E-state index in [0.29, 0.717) is 29.0 Å². The molecule has 0 saturated heterocycles. The van der Waals surface area contributed by atoms with Gasteiger partial charge >= 0.3 is 0 Å². The summed E-state index contributed by atoms with van der Waals surface area (Å²) < 4.78 is 10.4. The molecule has 26 heavy (non-hydrogen) atoms. The van der Waals surface area contributed by atoms with Gasteiger partial charge < -0.3 is 14.3 Å². The summed E-state index contributed by atoms with van der Waals surface area (Å²) in [7, 11) is 0. The second-order valence-electron chi connectivity index (χ2n) is 6.04. The number of carbonyl (C=O) groups excluding carboxylic acids is 1. The highest BCUT2D eigenvalue weighted by molar-refractivity contribution is 7.15. The number of anilines is 1. The van der Waals surface area contributed by atoms with Crippen LogP contribution in [0.3, 0.4) is 0 Å². The van der Waals surface area contributed by atoms with Gasteiger partial charge in [0.2, 0.25) is 17.6 Å². The number of amides is 1. The Balaban J connectivity index is 1.31. The van der Waals surface area contributed by atoms with Crippen LogP contribution >= 0.6 is 11.3 Å². The standard InChI is InChI=1S/C17H19N5O3S/c1-2-22-8-7-11-13(10-22)26-17(18-11)19-14(23)5-6-15-20-16(21-25-15)12-4-3-9-24-12/h3-4,9H,2,5-8,10H2,1H3,(H,18,19,23). The van der Waals surface area contributed by atoms with Crippen LogP contribution in [0.4, 0.5) is 5.13 Å². The molecule has 1 amide bonds. The molecule has 0 aromatic carbocycles. The van der Waals surface area contributed by atoms with Gasteiger partial charge in [-0.25, -0.2) is 4.98 Å². The highest BCUT2D eigenvalue weighted by atomic mass is 32.1. The minimum Gasteiger partial charge on any atom is -0.461 e. The number of furan rings is 1. The molecule has 9 heteroatoms. The van der Waals surface area contributed by atoms with Crippen molar-refractivity contribution in [3.8, 4) is 11.6 Å². The summed E-state index contributed by atoms with van der Waals surface area (Å²) in [6, 6.07) is 3.51. The molecule has 0 unspecified atom stereocenters. The van der Waals surface area contributed by atoms with E-state index in [4.69, 9.17) is 8.94 Å². The zero-order valence-electron chi connectivity index (χ0n) is 14.4. The Morgan fingerprint density at radius 2 is 2.35 bits per heavy atom. The van der Waals surface area contributed by atoms with Gasteiger partial charge in [-0.2, -0.15) is 4.98 Å². The van der Waals surface area contributed by atoms with E-state index in [1.165, 1.54) is 4.88 Å². The van der Waals surface area contributed by atoms with E-state index in [1.807, 2.05) is 0 Å². The molecule has 3 aromatic rings. The van der Waals surface area contributed by atoms with Crippen molar-refractivity contribution in [2.75, 3.05) is 18.4 Å². The first-order valence-corrected chi connectivity index (χ1v) is 9.40. The summed E-state index contributed by atoms with van der Waals surface area (Å²) in [5, 5.41) is 7.40. The lowest BCUT2D eigenvalue weighted by atomic mass is 10.2. The van der Waals surface area contributed by atoms with Gasteiger partial charge in [0.15, 0.2) is 10.9 Å². The van der Waals surface area contributed by atoms with Gasteiger partial charge in [0.1, 0.15) is 0 Å². The summed E-state index contributed by atoms with van der Waals surface area (Å²) in [6.07, 6.45) is 3.11. The molecule has 0 aliphatic carbocycles. The quantitative estimate of drug-likeness (QED) is 0.709. The highest BCUT2D eigenvalue weighted by Crippen LogP contribution is 2.28. The van der Waals surface area contributed by atoms with Crippen LogP contribution in [0.2, 0.25) is 0 Å². The third-order valence-corrected chi connectivity index (χ3v) is 5.28. The Hall–Kier alpha value is -2.52. The maximum absolute atomic E-state index is 12.2. The topological polar surface area (TPSA) is 97.3 Å². The number of nitrogens with one attached hydrogen (secondary N) is 1. The summed E-state index contributed by atoms with van der Waals surface area (Å²) in [5.41, 5.74) is 1.11. The highest BCUT2D eigenvalue weighted by Gasteiger charge is 2.20. The summed E-state index contributed by atoms with van der Waals surface area (Å²) in [6.45, 7) is 5.12. The Morgan fingerprint density at radius 3 is 3.15 bits per heavy atom. The molecule has 1 N–H and O–H groups in total. The molecular formula is C17H19N5O3S. The molecule has 4 heterocycles. The third kappa shape index (κ3) is 3.68. The molecule has 4 rings (SSSR count). The van der Waals surface area contributed by atoms with E-state index < -0.39 is 0 Å². The van der Waals surface area contributed by atoms with E-state index in [9.17, 15) is 4.79 Å².